The zero-order valence-corrected chi connectivity index (χ0v) is 16.3. The first-order valence-corrected chi connectivity index (χ1v) is 11.2. The van der Waals surface area contributed by atoms with Gasteiger partial charge in [-0.3, -0.25) is 0 Å². The largest absolute Gasteiger partial charge is 0.400 e. The monoisotopic (exact) mass is 326 g/mol. The molecular formula is C12H30O4SSi2. The lowest BCUT2D eigenvalue weighted by Crippen LogP contribution is -2.25. The lowest BCUT2D eigenvalue weighted by molar-refractivity contribution is 0.266. The quantitative estimate of drug-likeness (QED) is 0.406. The average molecular weight is 327 g/mol. The van der Waals surface area contributed by atoms with Crippen LogP contribution in [0.3, 0.4) is 0 Å². The van der Waals surface area contributed by atoms with Crippen LogP contribution in [0.2, 0.25) is 11.1 Å². The topological polar surface area (TPSA) is 36.9 Å². The molecule has 2 unspecified atom stereocenters. The van der Waals surface area contributed by atoms with Gasteiger partial charge in [0.25, 0.3) is 0 Å². The van der Waals surface area contributed by atoms with Crippen molar-refractivity contribution in [3.8, 4) is 0 Å². The summed E-state index contributed by atoms with van der Waals surface area (Å²) in [6, 6.07) is 0. The fraction of sp³-hybridized carbons (Fsp3) is 1.00. The minimum Gasteiger partial charge on any atom is -0.400 e. The van der Waals surface area contributed by atoms with E-state index in [0.717, 1.165) is 0 Å². The lowest BCUT2D eigenvalue weighted by atomic mass is 10.4. The average Bonchev–Trinajstić information content (AvgIpc) is 2.41. The van der Waals surface area contributed by atoms with Crippen molar-refractivity contribution in [2.24, 2.45) is 0 Å². The molecule has 116 valence electrons. The first-order chi connectivity index (χ1) is 9.10. The SMILES string of the molecule is CO[SiH](OC)C(C)CCSCCC(C)[SiH](OC)OC. The van der Waals surface area contributed by atoms with Crippen LogP contribution < -0.4 is 0 Å². The molecule has 0 aromatic heterocycles. The molecule has 0 saturated carbocycles. The Morgan fingerprint density at radius 1 is 0.737 bits per heavy atom. The maximum absolute atomic E-state index is 5.40. The second-order valence-corrected chi connectivity index (χ2v) is 11.7. The minimum absolute atomic E-state index is 0.569. The summed E-state index contributed by atoms with van der Waals surface area (Å²) >= 11 is 2.01. The van der Waals surface area contributed by atoms with Crippen LogP contribution in [0.25, 0.3) is 0 Å². The van der Waals surface area contributed by atoms with Gasteiger partial charge in [-0.15, -0.1) is 0 Å². The molecule has 0 fully saturated rings. The predicted octanol–water partition coefficient (Wildman–Crippen LogP) is 2.31. The summed E-state index contributed by atoms with van der Waals surface area (Å²) in [4.78, 5) is 0. The summed E-state index contributed by atoms with van der Waals surface area (Å²) in [6.07, 6.45) is 2.35. The molecule has 0 radical (unpaired) electrons. The van der Waals surface area contributed by atoms with Crippen LogP contribution in [-0.2, 0) is 17.7 Å². The van der Waals surface area contributed by atoms with E-state index in [-0.39, 0.29) is 0 Å². The van der Waals surface area contributed by atoms with Gasteiger partial charge in [-0.1, -0.05) is 13.8 Å². The van der Waals surface area contributed by atoms with Crippen molar-refractivity contribution in [3.63, 3.8) is 0 Å². The zero-order chi connectivity index (χ0) is 14.7. The molecule has 0 aromatic rings. The van der Waals surface area contributed by atoms with Crippen LogP contribution in [0.4, 0.5) is 0 Å². The van der Waals surface area contributed by atoms with Crippen LogP contribution in [0.5, 0.6) is 0 Å². The molecule has 0 spiro atoms. The van der Waals surface area contributed by atoms with Crippen molar-refractivity contribution in [3.05, 3.63) is 0 Å². The summed E-state index contributed by atoms with van der Waals surface area (Å²) in [5.41, 5.74) is 1.14. The molecular weight excluding hydrogens is 296 g/mol. The summed E-state index contributed by atoms with van der Waals surface area (Å²) in [7, 11) is 4.16. The van der Waals surface area contributed by atoms with Crippen molar-refractivity contribution in [2.45, 2.75) is 37.8 Å². The van der Waals surface area contributed by atoms with Crippen molar-refractivity contribution >= 4 is 30.3 Å². The van der Waals surface area contributed by atoms with Gasteiger partial charge in [-0.25, -0.2) is 0 Å². The van der Waals surface area contributed by atoms with Crippen LogP contribution in [0, 0.1) is 0 Å². The van der Waals surface area contributed by atoms with Gasteiger partial charge >= 0.3 is 18.6 Å². The Kier molecular flexibility index (Phi) is 12.8. The van der Waals surface area contributed by atoms with E-state index in [1.165, 1.54) is 24.3 Å². The highest BCUT2D eigenvalue weighted by molar-refractivity contribution is 7.99. The molecule has 2 atom stereocenters. The maximum atomic E-state index is 5.40. The summed E-state index contributed by atoms with van der Waals surface area (Å²) < 4.78 is 21.6. The molecule has 19 heavy (non-hydrogen) atoms. The second kappa shape index (κ2) is 12.4. The molecule has 0 heterocycles. The van der Waals surface area contributed by atoms with E-state index >= 15 is 0 Å². The van der Waals surface area contributed by atoms with Gasteiger partial charge in [-0.2, -0.15) is 11.8 Å². The van der Waals surface area contributed by atoms with Gasteiger partial charge in [0, 0.05) is 28.4 Å². The van der Waals surface area contributed by atoms with Crippen LogP contribution in [-0.4, -0.2) is 58.5 Å². The number of hydrogen-bond acceptors (Lipinski definition) is 5. The second-order valence-electron chi connectivity index (χ2n) is 4.82. The Morgan fingerprint density at radius 2 is 1.05 bits per heavy atom. The standard InChI is InChI=1S/C12H30O4SSi2/c1-11(18(13-3)14-4)7-9-17-10-8-12(2)19(15-5)16-6/h11-12,18-19H,7-10H2,1-6H3. The van der Waals surface area contributed by atoms with Crippen LogP contribution in [0.1, 0.15) is 26.7 Å². The smallest absolute Gasteiger partial charge is 0.323 e. The molecule has 0 rings (SSSR count). The van der Waals surface area contributed by atoms with Crippen LogP contribution in [0.15, 0.2) is 0 Å². The molecule has 4 nitrogen and oxygen atoms in total. The van der Waals surface area contributed by atoms with E-state index in [1.54, 1.807) is 28.4 Å². The van der Waals surface area contributed by atoms with Gasteiger partial charge in [0.2, 0.25) is 0 Å². The van der Waals surface area contributed by atoms with Gasteiger partial charge < -0.3 is 17.7 Å². The van der Waals surface area contributed by atoms with Crippen LogP contribution >= 0.6 is 11.8 Å². The summed E-state index contributed by atoms with van der Waals surface area (Å²) in [6.45, 7) is 4.46. The molecule has 7 heteroatoms. The third-order valence-corrected chi connectivity index (χ3v) is 8.73. The fourth-order valence-electron chi connectivity index (χ4n) is 2.03. The number of rotatable bonds is 12. The third kappa shape index (κ3) is 8.49. The molecule has 0 aliphatic heterocycles. The Balaban J connectivity index is 3.64. The van der Waals surface area contributed by atoms with Gasteiger partial charge in [0.15, 0.2) is 0 Å². The molecule has 0 saturated heterocycles. The predicted molar refractivity (Wildman–Crippen MR) is 87.7 cm³/mol. The van der Waals surface area contributed by atoms with E-state index in [2.05, 4.69) is 13.8 Å². The summed E-state index contributed by atoms with van der Waals surface area (Å²) in [5, 5.41) is 0. The molecule has 0 N–H and O–H groups in total. The van der Waals surface area contributed by atoms with E-state index in [1.807, 2.05) is 11.8 Å². The molecule has 0 aromatic carbocycles. The highest BCUT2D eigenvalue weighted by Crippen LogP contribution is 2.22. The van der Waals surface area contributed by atoms with Gasteiger partial charge in [0.1, 0.15) is 0 Å². The van der Waals surface area contributed by atoms with Crippen molar-refractivity contribution in [2.75, 3.05) is 39.9 Å². The van der Waals surface area contributed by atoms with Gasteiger partial charge in [-0.05, 0) is 35.4 Å². The minimum atomic E-state index is -1.43. The first-order valence-electron chi connectivity index (χ1n) is 6.79. The van der Waals surface area contributed by atoms with Crippen molar-refractivity contribution in [1.29, 1.82) is 0 Å². The van der Waals surface area contributed by atoms with Crippen molar-refractivity contribution < 1.29 is 17.7 Å². The molecule has 0 aliphatic rings. The first kappa shape index (κ1) is 19.6. The number of hydrogen-bond donors (Lipinski definition) is 0. The maximum Gasteiger partial charge on any atom is 0.323 e. The zero-order valence-electron chi connectivity index (χ0n) is 13.2. The van der Waals surface area contributed by atoms with E-state index in [4.69, 9.17) is 17.7 Å². The lowest BCUT2D eigenvalue weighted by Gasteiger charge is -2.19. The van der Waals surface area contributed by atoms with E-state index in [9.17, 15) is 0 Å². The Bertz CT molecular complexity index is 184. The summed E-state index contributed by atoms with van der Waals surface area (Å²) in [5.74, 6) is 2.35. The van der Waals surface area contributed by atoms with Crippen molar-refractivity contribution in [1.82, 2.24) is 0 Å². The van der Waals surface area contributed by atoms with E-state index in [0.29, 0.717) is 11.1 Å². The van der Waals surface area contributed by atoms with E-state index < -0.39 is 18.6 Å². The third-order valence-electron chi connectivity index (χ3n) is 3.29. The number of thioether (sulfide) groups is 1. The normalized spacial score (nSPS) is 15.2. The van der Waals surface area contributed by atoms with Gasteiger partial charge in [0.05, 0.1) is 0 Å². The highest BCUT2D eigenvalue weighted by atomic mass is 32.2. The Labute approximate surface area is 126 Å². The highest BCUT2D eigenvalue weighted by Gasteiger charge is 2.20. The molecule has 0 amide bonds. The Morgan fingerprint density at radius 3 is 1.32 bits per heavy atom. The molecule has 0 bridgehead atoms. The Hall–Kier alpha value is 0.624. The molecule has 0 aliphatic carbocycles. The fourth-order valence-corrected chi connectivity index (χ4v) is 6.92.